The maximum absolute atomic E-state index is 10.8. The molecule has 0 aromatic heterocycles. The molecule has 0 aliphatic heterocycles. The number of rotatable bonds is 4. The molecule has 0 aliphatic carbocycles. The van der Waals surface area contributed by atoms with Crippen LogP contribution in [0.25, 0.3) is 0 Å². The monoisotopic (exact) mass is 217 g/mol. The van der Waals surface area contributed by atoms with Crippen molar-refractivity contribution >= 4 is 20.1 Å². The average molecular weight is 217 g/mol. The minimum Gasteiger partial charge on any atom is -0.449 e. The van der Waals surface area contributed by atoms with Crippen molar-refractivity contribution in [2.45, 2.75) is 0 Å². The van der Waals surface area contributed by atoms with Crippen LogP contribution in [0.4, 0.5) is 9.59 Å². The SMILES string of the molecule is O=C(O)OP(=O)(ONO)OC(=O)O. The number of carboxylic acid groups (broad SMARTS) is 2. The van der Waals surface area contributed by atoms with E-state index in [-0.39, 0.29) is 0 Å². The van der Waals surface area contributed by atoms with Crippen LogP contribution in [0.15, 0.2) is 0 Å². The van der Waals surface area contributed by atoms with Gasteiger partial charge in [0.2, 0.25) is 0 Å². The number of hydrogen-bond donors (Lipinski definition) is 4. The van der Waals surface area contributed by atoms with Crippen molar-refractivity contribution in [3.8, 4) is 0 Å². The Balaban J connectivity index is 4.42. The smallest absolute Gasteiger partial charge is 0.449 e. The quantitative estimate of drug-likeness (QED) is 0.384. The molecule has 11 heteroatoms. The summed E-state index contributed by atoms with van der Waals surface area (Å²) in [4.78, 5) is 19.6. The van der Waals surface area contributed by atoms with E-state index in [0.29, 0.717) is 0 Å². The summed E-state index contributed by atoms with van der Waals surface area (Å²) in [6.45, 7) is 0. The molecule has 0 saturated heterocycles. The van der Waals surface area contributed by atoms with Gasteiger partial charge in [0.05, 0.1) is 0 Å². The van der Waals surface area contributed by atoms with Crippen molar-refractivity contribution in [1.82, 2.24) is 5.64 Å². The molecular formula is C2H4NO9P. The molecular weight excluding hydrogens is 213 g/mol. The van der Waals surface area contributed by atoms with E-state index in [1.165, 1.54) is 0 Å². The normalized spacial score (nSPS) is 10.5. The molecule has 13 heavy (non-hydrogen) atoms. The lowest BCUT2D eigenvalue weighted by atomic mass is 11.5. The average Bonchev–Trinajstić information content (AvgIpc) is 1.81. The summed E-state index contributed by atoms with van der Waals surface area (Å²) < 4.78 is 21.1. The second kappa shape index (κ2) is 4.62. The number of hydrogen-bond acceptors (Lipinski definition) is 8. The van der Waals surface area contributed by atoms with E-state index >= 15 is 0 Å². The van der Waals surface area contributed by atoms with E-state index in [2.05, 4.69) is 13.7 Å². The van der Waals surface area contributed by atoms with Crippen LogP contribution < -0.4 is 5.64 Å². The summed E-state index contributed by atoms with van der Waals surface area (Å²) in [5.41, 5.74) is 0.779. The summed E-state index contributed by atoms with van der Waals surface area (Å²) in [5.74, 6) is 0. The Labute approximate surface area is 70.2 Å². The van der Waals surface area contributed by atoms with Gasteiger partial charge in [-0.2, -0.15) is 4.62 Å². The van der Waals surface area contributed by atoms with Crippen molar-refractivity contribution in [3.63, 3.8) is 0 Å². The molecule has 0 rings (SSSR count). The molecule has 0 unspecified atom stereocenters. The zero-order chi connectivity index (χ0) is 10.5. The second-order valence-corrected chi connectivity index (χ2v) is 2.79. The Morgan fingerprint density at radius 3 is 1.77 bits per heavy atom. The van der Waals surface area contributed by atoms with E-state index in [0.717, 1.165) is 5.64 Å². The Morgan fingerprint density at radius 2 is 1.54 bits per heavy atom. The van der Waals surface area contributed by atoms with E-state index in [1.807, 2.05) is 0 Å². The fraction of sp³-hybridized carbons (Fsp3) is 0. The largest absolute Gasteiger partial charge is 0.616 e. The lowest BCUT2D eigenvalue weighted by Crippen LogP contribution is -2.14. The van der Waals surface area contributed by atoms with Gasteiger partial charge in [0.15, 0.2) is 0 Å². The van der Waals surface area contributed by atoms with E-state index in [1.54, 1.807) is 0 Å². The van der Waals surface area contributed by atoms with Crippen molar-refractivity contribution in [3.05, 3.63) is 0 Å². The first-order valence-corrected chi connectivity index (χ1v) is 3.88. The van der Waals surface area contributed by atoms with Gasteiger partial charge >= 0.3 is 20.1 Å². The summed E-state index contributed by atoms with van der Waals surface area (Å²) in [6.07, 6.45) is -4.19. The van der Waals surface area contributed by atoms with Gasteiger partial charge in [-0.3, -0.25) is 5.21 Å². The molecule has 0 atom stereocenters. The highest BCUT2D eigenvalue weighted by Crippen LogP contribution is 2.48. The van der Waals surface area contributed by atoms with Crippen molar-refractivity contribution in [2.24, 2.45) is 0 Å². The van der Waals surface area contributed by atoms with E-state index in [4.69, 9.17) is 15.4 Å². The number of carbonyl (C=O) groups is 2. The molecule has 0 spiro atoms. The number of phosphoric acid groups is 1. The zero-order valence-electron chi connectivity index (χ0n) is 5.74. The molecule has 0 heterocycles. The molecule has 0 fully saturated rings. The zero-order valence-corrected chi connectivity index (χ0v) is 6.63. The van der Waals surface area contributed by atoms with Crippen LogP contribution in [0.1, 0.15) is 0 Å². The Hall–Kier alpha value is -1.35. The maximum Gasteiger partial charge on any atom is 0.616 e. The highest BCUT2D eigenvalue weighted by molar-refractivity contribution is 7.49. The highest BCUT2D eigenvalue weighted by atomic mass is 31.2. The van der Waals surface area contributed by atoms with Crippen molar-refractivity contribution in [1.29, 1.82) is 0 Å². The van der Waals surface area contributed by atoms with Gasteiger partial charge in [0.1, 0.15) is 0 Å². The minimum absolute atomic E-state index is 0.779. The molecule has 76 valence electrons. The van der Waals surface area contributed by atoms with Gasteiger partial charge in [-0.25, -0.2) is 14.2 Å². The fourth-order valence-corrected chi connectivity index (χ4v) is 0.892. The molecule has 0 bridgehead atoms. The third-order valence-corrected chi connectivity index (χ3v) is 1.60. The standard InChI is InChI=1S/C2H4NO9P/c4-1(5)10-13(9,12-3-8)11-2(6)7/h3,8H,(H,4,5)(H,6,7). The first-order chi connectivity index (χ1) is 5.89. The first kappa shape index (κ1) is 11.6. The van der Waals surface area contributed by atoms with Crippen LogP contribution in [0, 0.1) is 0 Å². The molecule has 0 saturated carbocycles. The number of phosphoric ester groups is 1. The molecule has 0 aromatic rings. The predicted octanol–water partition coefficient (Wildman–Crippen LogP) is 0.394. The van der Waals surface area contributed by atoms with Crippen LogP contribution in [-0.2, 0) is 18.2 Å². The minimum atomic E-state index is -4.89. The fourth-order valence-electron chi connectivity index (χ4n) is 0.297. The van der Waals surface area contributed by atoms with Crippen molar-refractivity contribution < 1.29 is 43.2 Å². The van der Waals surface area contributed by atoms with Gasteiger partial charge in [-0.1, -0.05) is 5.64 Å². The summed E-state index contributed by atoms with van der Waals surface area (Å²) in [5, 5.41) is 23.7. The third-order valence-electron chi connectivity index (χ3n) is 0.532. The molecule has 4 N–H and O–H groups in total. The van der Waals surface area contributed by atoms with E-state index < -0.39 is 20.1 Å². The van der Waals surface area contributed by atoms with Gasteiger partial charge in [0, 0.05) is 0 Å². The topological polar surface area (TPSA) is 152 Å². The van der Waals surface area contributed by atoms with Crippen LogP contribution in [0.3, 0.4) is 0 Å². The second-order valence-electron chi connectivity index (χ2n) is 1.34. The molecule has 10 nitrogen and oxygen atoms in total. The Morgan fingerprint density at radius 1 is 1.15 bits per heavy atom. The summed E-state index contributed by atoms with van der Waals surface area (Å²) in [6, 6.07) is 0. The Kier molecular flexibility index (Phi) is 4.14. The first-order valence-electron chi connectivity index (χ1n) is 2.42. The van der Waals surface area contributed by atoms with Crippen LogP contribution >= 0.6 is 7.82 Å². The lowest BCUT2D eigenvalue weighted by molar-refractivity contribution is -0.0664. The third kappa shape index (κ3) is 4.98. The maximum atomic E-state index is 10.8. The highest BCUT2D eigenvalue weighted by Gasteiger charge is 2.36. The predicted molar refractivity (Wildman–Crippen MR) is 31.8 cm³/mol. The number of nitrogens with one attached hydrogen (secondary N) is 1. The molecule has 0 aliphatic rings. The molecule has 0 radical (unpaired) electrons. The molecule has 0 amide bonds. The van der Waals surface area contributed by atoms with Crippen LogP contribution in [0.5, 0.6) is 0 Å². The van der Waals surface area contributed by atoms with Gasteiger partial charge in [0.25, 0.3) is 0 Å². The van der Waals surface area contributed by atoms with Crippen LogP contribution in [0.2, 0.25) is 0 Å². The lowest BCUT2D eigenvalue weighted by Gasteiger charge is -2.10. The summed E-state index contributed by atoms with van der Waals surface area (Å²) >= 11 is 0. The van der Waals surface area contributed by atoms with Gasteiger partial charge in [-0.15, -0.1) is 0 Å². The Bertz CT molecular complexity index is 228. The summed E-state index contributed by atoms with van der Waals surface area (Å²) in [7, 11) is -4.89. The van der Waals surface area contributed by atoms with Crippen molar-refractivity contribution in [2.75, 3.05) is 0 Å². The molecule has 0 aromatic carbocycles. The van der Waals surface area contributed by atoms with E-state index in [9.17, 15) is 14.2 Å². The van der Waals surface area contributed by atoms with Gasteiger partial charge in [-0.05, 0) is 0 Å². The van der Waals surface area contributed by atoms with Gasteiger partial charge < -0.3 is 19.3 Å². The van der Waals surface area contributed by atoms with Crippen LogP contribution in [-0.4, -0.2) is 27.7 Å².